The molecule has 0 saturated carbocycles. The number of halogens is 1. The van der Waals surface area contributed by atoms with Crippen LogP contribution in [0.25, 0.3) is 22.1 Å². The number of H-pyrrole nitrogens is 1. The van der Waals surface area contributed by atoms with Crippen molar-refractivity contribution >= 4 is 33.7 Å². The largest absolute Gasteiger partial charge is 0.343 e. The van der Waals surface area contributed by atoms with E-state index in [0.29, 0.717) is 12.2 Å². The molecule has 0 fully saturated rings. The Morgan fingerprint density at radius 3 is 2.56 bits per heavy atom. The SMILES string of the molecule is CCCCCn1c(=O)n(Cc2ccc3c(ccn3Cc3ccccc3)c2)c(=O)c2[nH]c(Cl)nc21. The van der Waals surface area contributed by atoms with Gasteiger partial charge in [-0.05, 0) is 52.7 Å². The number of imidazole rings is 1. The maximum atomic E-state index is 13.3. The number of fused-ring (bicyclic) bond motifs is 2. The molecule has 3 aromatic heterocycles. The number of aryl methyl sites for hydroxylation is 1. The Balaban J connectivity index is 1.50. The smallest absolute Gasteiger partial charge is 0.333 e. The van der Waals surface area contributed by atoms with Crippen LogP contribution in [0.15, 0.2) is 70.4 Å². The van der Waals surface area contributed by atoms with E-state index in [-0.39, 0.29) is 23.0 Å². The highest BCUT2D eigenvalue weighted by atomic mass is 35.5. The summed E-state index contributed by atoms with van der Waals surface area (Å²) < 4.78 is 5.02. The molecule has 5 rings (SSSR count). The normalized spacial score (nSPS) is 11.6. The fraction of sp³-hybridized carbons (Fsp3) is 0.269. The zero-order chi connectivity index (χ0) is 23.7. The number of aromatic amines is 1. The van der Waals surface area contributed by atoms with Crippen molar-refractivity contribution in [2.75, 3.05) is 0 Å². The minimum Gasteiger partial charge on any atom is -0.343 e. The highest BCUT2D eigenvalue weighted by Gasteiger charge is 2.17. The molecule has 0 radical (unpaired) electrons. The molecule has 0 aliphatic rings. The average molecular weight is 476 g/mol. The van der Waals surface area contributed by atoms with Gasteiger partial charge in [0.25, 0.3) is 5.56 Å². The van der Waals surface area contributed by atoms with Gasteiger partial charge in [0.15, 0.2) is 11.2 Å². The van der Waals surface area contributed by atoms with E-state index in [4.69, 9.17) is 11.6 Å². The quantitative estimate of drug-likeness (QED) is 0.259. The number of hydrogen-bond acceptors (Lipinski definition) is 3. The van der Waals surface area contributed by atoms with Gasteiger partial charge >= 0.3 is 5.69 Å². The van der Waals surface area contributed by atoms with Gasteiger partial charge in [-0.3, -0.25) is 13.9 Å². The van der Waals surface area contributed by atoms with Crippen LogP contribution < -0.4 is 11.2 Å². The fourth-order valence-corrected chi connectivity index (χ4v) is 4.62. The van der Waals surface area contributed by atoms with Gasteiger partial charge in [0.1, 0.15) is 0 Å². The van der Waals surface area contributed by atoms with Crippen LogP contribution in [0.3, 0.4) is 0 Å². The maximum absolute atomic E-state index is 13.3. The van der Waals surface area contributed by atoms with Crippen molar-refractivity contribution < 1.29 is 0 Å². The first-order chi connectivity index (χ1) is 16.5. The van der Waals surface area contributed by atoms with E-state index in [0.717, 1.165) is 42.3 Å². The number of unbranched alkanes of at least 4 members (excludes halogenated alkanes) is 2. The molecule has 8 heteroatoms. The zero-order valence-electron chi connectivity index (χ0n) is 19.0. The average Bonchev–Trinajstić information content (AvgIpc) is 3.43. The van der Waals surface area contributed by atoms with Crippen molar-refractivity contribution in [3.8, 4) is 0 Å². The third-order valence-electron chi connectivity index (χ3n) is 6.19. The molecule has 0 atom stereocenters. The summed E-state index contributed by atoms with van der Waals surface area (Å²) in [7, 11) is 0. The molecule has 1 N–H and O–H groups in total. The van der Waals surface area contributed by atoms with Crippen molar-refractivity contribution in [3.05, 3.63) is 98.0 Å². The Morgan fingerprint density at radius 2 is 1.76 bits per heavy atom. The van der Waals surface area contributed by atoms with E-state index in [1.807, 2.05) is 36.4 Å². The molecule has 0 saturated heterocycles. The molecule has 0 spiro atoms. The van der Waals surface area contributed by atoms with Crippen LogP contribution >= 0.6 is 11.6 Å². The van der Waals surface area contributed by atoms with Crippen LogP contribution in [-0.2, 0) is 19.6 Å². The van der Waals surface area contributed by atoms with Gasteiger partial charge in [-0.25, -0.2) is 4.79 Å². The number of rotatable bonds is 8. The molecule has 0 bridgehead atoms. The third kappa shape index (κ3) is 4.19. The second-order valence-corrected chi connectivity index (χ2v) is 8.94. The Bertz CT molecular complexity index is 1580. The molecule has 0 aliphatic heterocycles. The second kappa shape index (κ2) is 9.35. The van der Waals surface area contributed by atoms with Crippen LogP contribution in [0.5, 0.6) is 0 Å². The van der Waals surface area contributed by atoms with Crippen molar-refractivity contribution in [2.45, 2.75) is 45.8 Å². The molecule has 0 unspecified atom stereocenters. The topological polar surface area (TPSA) is 77.6 Å². The summed E-state index contributed by atoms with van der Waals surface area (Å²) in [4.78, 5) is 33.5. The number of hydrogen-bond donors (Lipinski definition) is 1. The lowest BCUT2D eigenvalue weighted by Gasteiger charge is -2.12. The molecule has 0 amide bonds. The number of nitrogens with one attached hydrogen (secondary N) is 1. The Labute approximate surface area is 201 Å². The van der Waals surface area contributed by atoms with Crippen LogP contribution in [0.1, 0.15) is 37.3 Å². The monoisotopic (exact) mass is 475 g/mol. The molecule has 5 aromatic rings. The van der Waals surface area contributed by atoms with Crippen LogP contribution in [0.2, 0.25) is 5.28 Å². The standard InChI is InChI=1S/C26H26ClN5O2/c1-2-3-7-13-31-23-22(28-25(27)29-23)24(33)32(26(31)34)17-19-10-11-21-20(15-19)12-14-30(21)16-18-8-5-4-6-9-18/h4-6,8-12,14-15H,2-3,7,13,16-17H2,1H3,(H,28,29). The first-order valence-corrected chi connectivity index (χ1v) is 11.9. The zero-order valence-corrected chi connectivity index (χ0v) is 19.8. The minimum atomic E-state index is -0.409. The molecule has 3 heterocycles. The summed E-state index contributed by atoms with van der Waals surface area (Å²) in [6, 6.07) is 18.4. The van der Waals surface area contributed by atoms with Crippen molar-refractivity contribution in [1.29, 1.82) is 0 Å². The molecule has 7 nitrogen and oxygen atoms in total. The summed E-state index contributed by atoms with van der Waals surface area (Å²) in [5.74, 6) is 0. The highest BCUT2D eigenvalue weighted by molar-refractivity contribution is 6.29. The van der Waals surface area contributed by atoms with Crippen molar-refractivity contribution in [3.63, 3.8) is 0 Å². The minimum absolute atomic E-state index is 0.106. The Kier molecular flexibility index (Phi) is 6.11. The molecule has 2 aromatic carbocycles. The second-order valence-electron chi connectivity index (χ2n) is 8.58. The van der Waals surface area contributed by atoms with E-state index in [9.17, 15) is 9.59 Å². The van der Waals surface area contributed by atoms with E-state index >= 15 is 0 Å². The first-order valence-electron chi connectivity index (χ1n) is 11.6. The van der Waals surface area contributed by atoms with E-state index in [1.165, 1.54) is 10.1 Å². The van der Waals surface area contributed by atoms with Crippen molar-refractivity contribution in [1.82, 2.24) is 23.7 Å². The lowest BCUT2D eigenvalue weighted by atomic mass is 10.1. The molecular formula is C26H26ClN5O2. The van der Waals surface area contributed by atoms with Gasteiger partial charge in [-0.2, -0.15) is 4.98 Å². The molecule has 34 heavy (non-hydrogen) atoms. The van der Waals surface area contributed by atoms with Gasteiger partial charge in [-0.15, -0.1) is 0 Å². The summed E-state index contributed by atoms with van der Waals surface area (Å²) >= 11 is 6.05. The van der Waals surface area contributed by atoms with Gasteiger partial charge in [0, 0.05) is 24.8 Å². The van der Waals surface area contributed by atoms with Crippen LogP contribution in [0.4, 0.5) is 0 Å². The lowest BCUT2D eigenvalue weighted by Crippen LogP contribution is -2.40. The summed E-state index contributed by atoms with van der Waals surface area (Å²) in [6.07, 6.45) is 4.91. The number of nitrogens with zero attached hydrogens (tertiary/aromatic N) is 4. The van der Waals surface area contributed by atoms with Crippen molar-refractivity contribution in [2.24, 2.45) is 0 Å². The maximum Gasteiger partial charge on any atom is 0.333 e. The Morgan fingerprint density at radius 1 is 0.941 bits per heavy atom. The fourth-order valence-electron chi connectivity index (χ4n) is 4.45. The Hall–Kier alpha value is -3.58. The van der Waals surface area contributed by atoms with Gasteiger partial charge in [-0.1, -0.05) is 56.2 Å². The van der Waals surface area contributed by atoms with E-state index in [2.05, 4.69) is 45.9 Å². The van der Waals surface area contributed by atoms with E-state index < -0.39 is 5.56 Å². The highest BCUT2D eigenvalue weighted by Crippen LogP contribution is 2.20. The summed E-state index contributed by atoms with van der Waals surface area (Å²) in [5.41, 5.74) is 3.02. The summed E-state index contributed by atoms with van der Waals surface area (Å²) in [5, 5.41) is 1.17. The molecule has 174 valence electrons. The molecular weight excluding hydrogens is 450 g/mol. The predicted octanol–water partition coefficient (Wildman–Crippen LogP) is 4.78. The van der Waals surface area contributed by atoms with Gasteiger partial charge in [0.05, 0.1) is 6.54 Å². The third-order valence-corrected chi connectivity index (χ3v) is 6.37. The molecule has 0 aliphatic carbocycles. The number of benzene rings is 2. The van der Waals surface area contributed by atoms with Gasteiger partial charge < -0.3 is 9.55 Å². The van der Waals surface area contributed by atoms with Crippen LogP contribution in [-0.4, -0.2) is 23.7 Å². The van der Waals surface area contributed by atoms with Crippen LogP contribution in [0, 0.1) is 0 Å². The predicted molar refractivity (Wildman–Crippen MR) is 136 cm³/mol. The number of aromatic nitrogens is 5. The first kappa shape index (κ1) is 22.2. The van der Waals surface area contributed by atoms with E-state index in [1.54, 1.807) is 4.57 Å². The summed E-state index contributed by atoms with van der Waals surface area (Å²) in [6.45, 7) is 3.56. The lowest BCUT2D eigenvalue weighted by molar-refractivity contribution is 0.555. The van der Waals surface area contributed by atoms with Gasteiger partial charge in [0.2, 0.25) is 5.28 Å².